The fraction of sp³-hybridized carbons (Fsp3) is 0.316. The van der Waals surface area contributed by atoms with Crippen LogP contribution in [-0.4, -0.2) is 50.0 Å². The Morgan fingerprint density at radius 3 is 2.70 bits per heavy atom. The maximum absolute atomic E-state index is 13.0. The Morgan fingerprint density at radius 2 is 1.97 bits per heavy atom. The van der Waals surface area contributed by atoms with Crippen LogP contribution in [0.3, 0.4) is 0 Å². The second kappa shape index (κ2) is 7.18. The largest absolute Gasteiger partial charge is 0.329 e. The zero-order valence-electron chi connectivity index (χ0n) is 16.6. The van der Waals surface area contributed by atoms with E-state index in [1.165, 1.54) is 11.3 Å². The minimum absolute atomic E-state index is 0.387. The van der Waals surface area contributed by atoms with Crippen molar-refractivity contribution in [3.8, 4) is 11.3 Å². The van der Waals surface area contributed by atoms with Gasteiger partial charge in [-0.25, -0.2) is 18.4 Å². The van der Waals surface area contributed by atoms with Crippen LogP contribution in [0.4, 0.5) is 10.8 Å². The predicted molar refractivity (Wildman–Crippen MR) is 116 cm³/mol. The van der Waals surface area contributed by atoms with Gasteiger partial charge in [0, 0.05) is 44.3 Å². The smallest absolute Gasteiger partial charge is 0.252 e. The summed E-state index contributed by atoms with van der Waals surface area (Å²) >= 11 is 1.23. The van der Waals surface area contributed by atoms with E-state index in [0.717, 1.165) is 34.7 Å². The molecule has 0 aromatic carbocycles. The number of rotatable bonds is 5. The second-order valence-electron chi connectivity index (χ2n) is 7.33. The average Bonchev–Trinajstić information content (AvgIpc) is 3.48. The van der Waals surface area contributed by atoms with Gasteiger partial charge in [-0.1, -0.05) is 0 Å². The Balaban J connectivity index is 1.49. The number of hydrogen-bond acceptors (Lipinski definition) is 7. The van der Waals surface area contributed by atoms with E-state index in [0.29, 0.717) is 28.8 Å². The topological polar surface area (TPSA) is 97.4 Å². The van der Waals surface area contributed by atoms with Gasteiger partial charge >= 0.3 is 0 Å². The Bertz CT molecular complexity index is 1330. The molecule has 11 heteroatoms. The van der Waals surface area contributed by atoms with Crippen LogP contribution in [0.25, 0.3) is 16.9 Å². The third kappa shape index (κ3) is 3.18. The van der Waals surface area contributed by atoms with E-state index in [9.17, 15) is 8.42 Å². The number of nitrogens with one attached hydrogen (secondary N) is 1. The predicted octanol–water partition coefficient (Wildman–Crippen LogP) is 3.03. The summed E-state index contributed by atoms with van der Waals surface area (Å²) in [6.07, 6.45) is 10.9. The summed E-state index contributed by atoms with van der Waals surface area (Å²) in [6.45, 7) is 3.01. The van der Waals surface area contributed by atoms with Gasteiger partial charge in [-0.2, -0.15) is 9.40 Å². The molecular weight excluding hydrogens is 422 g/mol. The highest BCUT2D eigenvalue weighted by Gasteiger charge is 2.30. The minimum atomic E-state index is -3.45. The van der Waals surface area contributed by atoms with Crippen molar-refractivity contribution in [2.45, 2.75) is 24.0 Å². The van der Waals surface area contributed by atoms with E-state index in [4.69, 9.17) is 0 Å². The number of aromatic nitrogens is 5. The third-order valence-corrected chi connectivity index (χ3v) is 8.85. The zero-order valence-corrected chi connectivity index (χ0v) is 18.2. The van der Waals surface area contributed by atoms with Gasteiger partial charge in [0.25, 0.3) is 10.0 Å². The van der Waals surface area contributed by atoms with Crippen LogP contribution < -0.4 is 5.32 Å². The Kier molecular flexibility index (Phi) is 4.60. The summed E-state index contributed by atoms with van der Waals surface area (Å²) in [7, 11) is -1.58. The quantitative estimate of drug-likeness (QED) is 0.509. The van der Waals surface area contributed by atoms with Crippen LogP contribution in [-0.2, 0) is 17.1 Å². The van der Waals surface area contributed by atoms with Crippen LogP contribution in [0.2, 0.25) is 0 Å². The lowest BCUT2D eigenvalue weighted by Crippen LogP contribution is -2.27. The molecule has 4 aromatic rings. The van der Waals surface area contributed by atoms with Crippen LogP contribution in [0.1, 0.15) is 18.4 Å². The average molecular weight is 444 g/mol. The van der Waals surface area contributed by atoms with Gasteiger partial charge in [0.15, 0.2) is 11.5 Å². The molecule has 4 aromatic heterocycles. The molecule has 1 saturated heterocycles. The number of nitrogens with zero attached hydrogens (tertiary/aromatic N) is 6. The van der Waals surface area contributed by atoms with E-state index < -0.39 is 10.0 Å². The van der Waals surface area contributed by atoms with Crippen LogP contribution in [0.5, 0.6) is 0 Å². The summed E-state index contributed by atoms with van der Waals surface area (Å²) in [5, 5.41) is 8.20. The molecule has 1 N–H and O–H groups in total. The maximum Gasteiger partial charge on any atom is 0.252 e. The molecule has 1 fully saturated rings. The number of hydrogen-bond donors (Lipinski definition) is 1. The van der Waals surface area contributed by atoms with Gasteiger partial charge in [-0.05, 0) is 31.4 Å². The number of anilines is 2. The van der Waals surface area contributed by atoms with Gasteiger partial charge in [-0.15, -0.1) is 11.3 Å². The first-order chi connectivity index (χ1) is 14.4. The highest BCUT2D eigenvalue weighted by atomic mass is 32.2. The van der Waals surface area contributed by atoms with Crippen molar-refractivity contribution in [2.75, 3.05) is 18.4 Å². The normalized spacial score (nSPS) is 15.3. The molecule has 0 saturated carbocycles. The van der Waals surface area contributed by atoms with Gasteiger partial charge in [-0.3, -0.25) is 9.08 Å². The minimum Gasteiger partial charge on any atom is -0.329 e. The van der Waals surface area contributed by atoms with Gasteiger partial charge in [0.05, 0.1) is 23.1 Å². The van der Waals surface area contributed by atoms with Crippen molar-refractivity contribution < 1.29 is 8.42 Å². The molecule has 5 heterocycles. The number of thiophene rings is 1. The van der Waals surface area contributed by atoms with Gasteiger partial charge in [0.2, 0.25) is 0 Å². The first-order valence-corrected chi connectivity index (χ1v) is 11.9. The summed E-state index contributed by atoms with van der Waals surface area (Å²) < 4.78 is 31.6. The van der Waals surface area contributed by atoms with Crippen molar-refractivity contribution in [3.05, 3.63) is 42.6 Å². The van der Waals surface area contributed by atoms with E-state index in [2.05, 4.69) is 20.4 Å². The van der Waals surface area contributed by atoms with E-state index >= 15 is 0 Å². The summed E-state index contributed by atoms with van der Waals surface area (Å²) in [5.41, 5.74) is 3.25. The standard InChI is InChI=1S/C19H21N7O2S2/c1-13-9-16(29-19(13)30(27,28)25-6-3-4-7-25)23-17-18-21-11-15(26(18)8-5-20-17)14-10-22-24(2)12-14/h5,8-12H,3-4,6-7H2,1-2H3,(H,20,23). The molecule has 30 heavy (non-hydrogen) atoms. The zero-order chi connectivity index (χ0) is 20.9. The van der Waals surface area contributed by atoms with E-state index in [1.807, 2.05) is 36.8 Å². The van der Waals surface area contributed by atoms with Crippen molar-refractivity contribution in [1.29, 1.82) is 0 Å². The lowest BCUT2D eigenvalue weighted by molar-refractivity contribution is 0.479. The van der Waals surface area contributed by atoms with Crippen LogP contribution in [0.15, 0.2) is 41.3 Å². The number of fused-ring (bicyclic) bond motifs is 1. The van der Waals surface area contributed by atoms with Crippen molar-refractivity contribution >= 4 is 37.8 Å². The fourth-order valence-corrected chi connectivity index (χ4v) is 6.97. The lowest BCUT2D eigenvalue weighted by Gasteiger charge is -2.14. The first kappa shape index (κ1) is 19.2. The molecule has 1 aliphatic heterocycles. The third-order valence-electron chi connectivity index (χ3n) is 5.18. The molecule has 0 bridgehead atoms. The monoisotopic (exact) mass is 443 g/mol. The summed E-state index contributed by atoms with van der Waals surface area (Å²) in [4.78, 5) is 8.94. The van der Waals surface area contributed by atoms with Crippen molar-refractivity contribution in [2.24, 2.45) is 7.05 Å². The Morgan fingerprint density at radius 1 is 1.17 bits per heavy atom. The van der Waals surface area contributed by atoms with Crippen LogP contribution in [0, 0.1) is 6.92 Å². The highest BCUT2D eigenvalue weighted by molar-refractivity contribution is 7.91. The Hall–Kier alpha value is -2.76. The molecule has 0 radical (unpaired) electrons. The number of aryl methyl sites for hydroxylation is 2. The van der Waals surface area contributed by atoms with E-state index in [1.54, 1.807) is 27.6 Å². The molecule has 0 atom stereocenters. The number of imidazole rings is 1. The van der Waals surface area contributed by atoms with Gasteiger partial charge in [0.1, 0.15) is 4.21 Å². The maximum atomic E-state index is 13.0. The first-order valence-electron chi connectivity index (χ1n) is 9.62. The lowest BCUT2D eigenvalue weighted by atomic mass is 10.3. The molecule has 9 nitrogen and oxygen atoms in total. The fourth-order valence-electron chi connectivity index (χ4n) is 3.72. The molecule has 5 rings (SSSR count). The molecule has 0 unspecified atom stereocenters. The van der Waals surface area contributed by atoms with Gasteiger partial charge < -0.3 is 5.32 Å². The molecule has 0 spiro atoms. The SMILES string of the molecule is Cc1cc(Nc2nccn3c(-c4cnn(C)c4)cnc23)sc1S(=O)(=O)N1CCCC1. The van der Waals surface area contributed by atoms with Crippen molar-refractivity contribution in [3.63, 3.8) is 0 Å². The molecular formula is C19H21N7O2S2. The summed E-state index contributed by atoms with van der Waals surface area (Å²) in [5.74, 6) is 0.569. The van der Waals surface area contributed by atoms with E-state index in [-0.39, 0.29) is 0 Å². The molecule has 0 aliphatic carbocycles. The summed E-state index contributed by atoms with van der Waals surface area (Å²) in [6, 6.07) is 1.85. The Labute approximate surface area is 178 Å². The van der Waals surface area contributed by atoms with Crippen LogP contribution >= 0.6 is 11.3 Å². The molecule has 0 amide bonds. The number of sulfonamides is 1. The molecule has 1 aliphatic rings. The molecule has 156 valence electrons. The highest BCUT2D eigenvalue weighted by Crippen LogP contribution is 2.36. The second-order valence-corrected chi connectivity index (χ2v) is 10.5. The van der Waals surface area contributed by atoms with Crippen molar-refractivity contribution in [1.82, 2.24) is 28.5 Å².